The Bertz CT molecular complexity index is 472. The van der Waals surface area contributed by atoms with Gasteiger partial charge in [-0.3, -0.25) is 0 Å². The lowest BCUT2D eigenvalue weighted by molar-refractivity contribution is 1.27. The number of hydrogen-bond donors (Lipinski definition) is 0. The van der Waals surface area contributed by atoms with Crippen LogP contribution in [0.5, 0.6) is 0 Å². The van der Waals surface area contributed by atoms with Crippen molar-refractivity contribution in [1.29, 1.82) is 0 Å². The smallest absolute Gasteiger partial charge is 0.0709 e. The van der Waals surface area contributed by atoms with Crippen LogP contribution in [0.2, 0.25) is 0 Å². The number of rotatable bonds is 2. The molecule has 0 N–H and O–H groups in total. The third-order valence-electron chi connectivity index (χ3n) is 2.26. The molecule has 0 unspecified atom stereocenters. The van der Waals surface area contributed by atoms with Gasteiger partial charge in [0.2, 0.25) is 0 Å². The number of nitrogens with zero attached hydrogens (tertiary/aromatic N) is 1. The summed E-state index contributed by atoms with van der Waals surface area (Å²) < 4.78 is 0. The van der Waals surface area contributed by atoms with Crippen LogP contribution in [0.15, 0.2) is 55.1 Å². The second-order valence-electron chi connectivity index (χ2n) is 3.55. The van der Waals surface area contributed by atoms with Gasteiger partial charge in [0.1, 0.15) is 0 Å². The second-order valence-corrected chi connectivity index (χ2v) is 3.55. The molecule has 0 aliphatic rings. The van der Waals surface area contributed by atoms with Crippen molar-refractivity contribution in [3.8, 4) is 11.3 Å². The van der Waals surface area contributed by atoms with E-state index in [9.17, 15) is 0 Å². The summed E-state index contributed by atoms with van der Waals surface area (Å²) in [7, 11) is 0. The van der Waals surface area contributed by atoms with Crippen molar-refractivity contribution < 1.29 is 0 Å². The van der Waals surface area contributed by atoms with E-state index in [1.165, 1.54) is 0 Å². The van der Waals surface area contributed by atoms with Crippen LogP contribution in [-0.2, 0) is 0 Å². The van der Waals surface area contributed by atoms with Gasteiger partial charge in [0.05, 0.1) is 11.4 Å². The molecule has 0 spiro atoms. The van der Waals surface area contributed by atoms with Crippen LogP contribution < -0.4 is 0 Å². The van der Waals surface area contributed by atoms with Crippen LogP contribution in [0.1, 0.15) is 12.6 Å². The molecule has 1 aromatic heterocycles. The highest BCUT2D eigenvalue weighted by atomic mass is 14.7. The molecule has 74 valence electrons. The summed E-state index contributed by atoms with van der Waals surface area (Å²) in [6, 6.07) is 16.2. The summed E-state index contributed by atoms with van der Waals surface area (Å²) >= 11 is 0. The molecule has 1 heterocycles. The van der Waals surface area contributed by atoms with Gasteiger partial charge in [0.25, 0.3) is 0 Å². The highest BCUT2D eigenvalue weighted by Gasteiger charge is 2.00. The number of pyridine rings is 1. The summed E-state index contributed by atoms with van der Waals surface area (Å²) in [6.45, 7) is 5.87. The zero-order valence-corrected chi connectivity index (χ0v) is 8.77. The molecule has 1 nitrogen and oxygen atoms in total. The van der Waals surface area contributed by atoms with E-state index in [-0.39, 0.29) is 0 Å². The summed E-state index contributed by atoms with van der Waals surface area (Å²) in [5.41, 5.74) is 4.08. The predicted molar refractivity (Wildman–Crippen MR) is 64.4 cm³/mol. The molecule has 0 fully saturated rings. The van der Waals surface area contributed by atoms with E-state index in [1.807, 2.05) is 43.3 Å². The number of benzene rings is 1. The summed E-state index contributed by atoms with van der Waals surface area (Å²) in [5.74, 6) is 0. The normalized spacial score (nSPS) is 9.93. The number of aromatic nitrogens is 1. The third-order valence-corrected chi connectivity index (χ3v) is 2.26. The Kier molecular flexibility index (Phi) is 2.64. The maximum Gasteiger partial charge on any atom is 0.0709 e. The molecule has 0 aliphatic carbocycles. The fourth-order valence-electron chi connectivity index (χ4n) is 1.44. The monoisotopic (exact) mass is 195 g/mol. The molecule has 0 amide bonds. The Balaban J connectivity index is 2.46. The zero-order valence-electron chi connectivity index (χ0n) is 8.77. The Morgan fingerprint density at radius 2 is 1.73 bits per heavy atom. The van der Waals surface area contributed by atoms with Crippen LogP contribution >= 0.6 is 0 Å². The van der Waals surface area contributed by atoms with Gasteiger partial charge in [0.15, 0.2) is 0 Å². The average molecular weight is 195 g/mol. The summed E-state index contributed by atoms with van der Waals surface area (Å²) in [4.78, 5) is 4.54. The molecule has 0 aliphatic heterocycles. The second kappa shape index (κ2) is 4.09. The van der Waals surface area contributed by atoms with E-state index >= 15 is 0 Å². The first kappa shape index (κ1) is 9.66. The fourth-order valence-corrected chi connectivity index (χ4v) is 1.44. The Labute approximate surface area is 90.1 Å². The molecule has 2 aromatic rings. The van der Waals surface area contributed by atoms with Crippen molar-refractivity contribution in [2.45, 2.75) is 6.92 Å². The van der Waals surface area contributed by atoms with Crippen molar-refractivity contribution in [3.63, 3.8) is 0 Å². The van der Waals surface area contributed by atoms with E-state index in [0.29, 0.717) is 0 Å². The van der Waals surface area contributed by atoms with Crippen molar-refractivity contribution in [3.05, 3.63) is 60.8 Å². The molecule has 1 heteroatoms. The molecule has 2 rings (SSSR count). The highest BCUT2D eigenvalue weighted by molar-refractivity contribution is 5.64. The lowest BCUT2D eigenvalue weighted by atomic mass is 10.1. The van der Waals surface area contributed by atoms with Crippen LogP contribution in [-0.4, -0.2) is 4.98 Å². The first-order valence-electron chi connectivity index (χ1n) is 4.96. The maximum absolute atomic E-state index is 4.54. The Morgan fingerprint density at radius 3 is 2.40 bits per heavy atom. The van der Waals surface area contributed by atoms with E-state index < -0.39 is 0 Å². The first-order valence-corrected chi connectivity index (χ1v) is 4.96. The molecular weight excluding hydrogens is 182 g/mol. The van der Waals surface area contributed by atoms with Gasteiger partial charge in [-0.1, -0.05) is 43.0 Å². The van der Waals surface area contributed by atoms with Crippen LogP contribution in [0.25, 0.3) is 16.8 Å². The number of allylic oxidation sites excluding steroid dienone is 1. The zero-order chi connectivity index (χ0) is 10.7. The van der Waals surface area contributed by atoms with Crippen LogP contribution in [0.4, 0.5) is 0 Å². The van der Waals surface area contributed by atoms with Gasteiger partial charge in [-0.05, 0) is 24.6 Å². The highest BCUT2D eigenvalue weighted by Crippen LogP contribution is 2.18. The van der Waals surface area contributed by atoms with Gasteiger partial charge in [0, 0.05) is 5.56 Å². The molecule has 0 radical (unpaired) electrons. The van der Waals surface area contributed by atoms with Crippen molar-refractivity contribution >= 4 is 5.57 Å². The van der Waals surface area contributed by atoms with Crippen molar-refractivity contribution in [2.24, 2.45) is 0 Å². The van der Waals surface area contributed by atoms with E-state index in [2.05, 4.69) is 23.7 Å². The first-order chi connectivity index (χ1) is 7.27. The minimum absolute atomic E-state index is 0.955. The van der Waals surface area contributed by atoms with Crippen molar-refractivity contribution in [1.82, 2.24) is 4.98 Å². The molecular formula is C14H13N. The SMILES string of the molecule is C=C(C)c1cccc(-c2ccccc2)n1. The minimum Gasteiger partial charge on any atom is -0.248 e. The topological polar surface area (TPSA) is 12.9 Å². The minimum atomic E-state index is 0.955. The fraction of sp³-hybridized carbons (Fsp3) is 0.0714. The quantitative estimate of drug-likeness (QED) is 0.710. The standard InChI is InChI=1S/C14H13N/c1-11(2)13-9-6-10-14(15-13)12-7-4-3-5-8-12/h3-10H,1H2,2H3. The number of hydrogen-bond acceptors (Lipinski definition) is 1. The lowest BCUT2D eigenvalue weighted by Gasteiger charge is -2.03. The maximum atomic E-state index is 4.54. The molecule has 0 atom stereocenters. The molecule has 0 bridgehead atoms. The van der Waals surface area contributed by atoms with Crippen molar-refractivity contribution in [2.75, 3.05) is 0 Å². The van der Waals surface area contributed by atoms with Crippen LogP contribution in [0, 0.1) is 0 Å². The third kappa shape index (κ3) is 2.13. The largest absolute Gasteiger partial charge is 0.248 e. The van der Waals surface area contributed by atoms with Gasteiger partial charge in [-0.25, -0.2) is 4.98 Å². The lowest BCUT2D eigenvalue weighted by Crippen LogP contribution is -1.88. The van der Waals surface area contributed by atoms with Gasteiger partial charge < -0.3 is 0 Å². The molecule has 0 saturated carbocycles. The summed E-state index contributed by atoms with van der Waals surface area (Å²) in [6.07, 6.45) is 0. The summed E-state index contributed by atoms with van der Waals surface area (Å²) in [5, 5.41) is 0. The van der Waals surface area contributed by atoms with E-state index in [4.69, 9.17) is 0 Å². The molecule has 0 saturated heterocycles. The predicted octanol–water partition coefficient (Wildman–Crippen LogP) is 3.78. The van der Waals surface area contributed by atoms with E-state index in [0.717, 1.165) is 22.5 Å². The van der Waals surface area contributed by atoms with Gasteiger partial charge in [-0.2, -0.15) is 0 Å². The van der Waals surface area contributed by atoms with Crippen LogP contribution in [0.3, 0.4) is 0 Å². The molecule has 1 aromatic carbocycles. The Hall–Kier alpha value is -1.89. The average Bonchev–Trinajstić information content (AvgIpc) is 2.30. The van der Waals surface area contributed by atoms with E-state index in [1.54, 1.807) is 0 Å². The molecule has 15 heavy (non-hydrogen) atoms. The van der Waals surface area contributed by atoms with Gasteiger partial charge >= 0.3 is 0 Å². The van der Waals surface area contributed by atoms with Gasteiger partial charge in [-0.15, -0.1) is 0 Å². The Morgan fingerprint density at radius 1 is 1.00 bits per heavy atom.